The Hall–Kier alpha value is -4.43. The molecule has 4 aromatic rings. The van der Waals surface area contributed by atoms with Crippen LogP contribution < -0.4 is 15.2 Å². The molecule has 0 aliphatic carbocycles. The Morgan fingerprint density at radius 2 is 1.74 bits per heavy atom. The number of hydrogen-bond donors (Lipinski definition) is 2. The third-order valence-corrected chi connectivity index (χ3v) is 8.57. The first-order valence-electron chi connectivity index (χ1n) is 14.0. The average Bonchev–Trinajstić information content (AvgIpc) is 3.42. The Bertz CT molecular complexity index is 1810. The van der Waals surface area contributed by atoms with Gasteiger partial charge in [-0.05, 0) is 42.3 Å². The van der Waals surface area contributed by atoms with Gasteiger partial charge in [-0.15, -0.1) is 0 Å². The van der Waals surface area contributed by atoms with Crippen LogP contribution >= 0.6 is 11.6 Å². The SMILES string of the molecule is N#Cc1ccccc1N1CCN(c2c(F)cc3c(=O)c(C(=O)O)cn(-c4ccc(CN5CC[C@@H](O)C5)cc4)c3c2Cl)CC1. The predicted octanol–water partition coefficient (Wildman–Crippen LogP) is 4.25. The maximum atomic E-state index is 15.7. The molecule has 0 saturated carbocycles. The lowest BCUT2D eigenvalue weighted by Gasteiger charge is -2.38. The molecule has 0 radical (unpaired) electrons. The van der Waals surface area contributed by atoms with Crippen LogP contribution in [0.4, 0.5) is 15.8 Å². The Labute approximate surface area is 252 Å². The minimum absolute atomic E-state index is 0.0186. The van der Waals surface area contributed by atoms with Crippen LogP contribution in [0.1, 0.15) is 27.9 Å². The number of halogens is 2. The van der Waals surface area contributed by atoms with E-state index >= 15 is 4.39 Å². The predicted molar refractivity (Wildman–Crippen MR) is 163 cm³/mol. The van der Waals surface area contributed by atoms with Crippen LogP contribution in [0.5, 0.6) is 0 Å². The van der Waals surface area contributed by atoms with Crippen molar-refractivity contribution in [1.82, 2.24) is 9.47 Å². The highest BCUT2D eigenvalue weighted by Crippen LogP contribution is 2.37. The number of fused-ring (bicyclic) bond motifs is 1. The highest BCUT2D eigenvalue weighted by molar-refractivity contribution is 6.38. The van der Waals surface area contributed by atoms with Gasteiger partial charge in [-0.1, -0.05) is 35.9 Å². The number of carboxylic acids is 1. The zero-order chi connectivity index (χ0) is 30.2. The van der Waals surface area contributed by atoms with Gasteiger partial charge in [0.25, 0.3) is 0 Å². The summed E-state index contributed by atoms with van der Waals surface area (Å²) >= 11 is 6.92. The molecule has 1 atom stereocenters. The lowest BCUT2D eigenvalue weighted by atomic mass is 10.1. The fourth-order valence-corrected chi connectivity index (χ4v) is 6.44. The Balaban J connectivity index is 1.38. The van der Waals surface area contributed by atoms with Crippen molar-refractivity contribution in [3.8, 4) is 11.8 Å². The summed E-state index contributed by atoms with van der Waals surface area (Å²) < 4.78 is 17.3. The molecule has 9 nitrogen and oxygen atoms in total. The standard InChI is InChI=1S/C32H29ClFN5O4/c33-28-29-24(15-26(34)30(28)38-13-11-37(12-14-38)27-4-2-1-3-21(27)16-35)31(41)25(32(42)43)19-39(29)22-7-5-20(6-8-22)17-36-10-9-23(40)18-36/h1-8,15,19,23,40H,9-14,17-18H2,(H,42,43)/t23-/m1/s1. The molecule has 2 fully saturated rings. The first-order chi connectivity index (χ1) is 20.7. The van der Waals surface area contributed by atoms with Crippen molar-refractivity contribution in [2.45, 2.75) is 19.1 Å². The quantitative estimate of drug-likeness (QED) is 0.337. The van der Waals surface area contributed by atoms with Crippen molar-refractivity contribution in [3.05, 3.63) is 98.5 Å². The molecule has 43 heavy (non-hydrogen) atoms. The highest BCUT2D eigenvalue weighted by atomic mass is 35.5. The third-order valence-electron chi connectivity index (χ3n) is 8.22. The molecule has 2 aliphatic rings. The van der Waals surface area contributed by atoms with E-state index in [1.165, 1.54) is 10.8 Å². The van der Waals surface area contributed by atoms with Gasteiger partial charge in [0, 0.05) is 57.7 Å². The summed E-state index contributed by atoms with van der Waals surface area (Å²) in [4.78, 5) is 31.2. The fraction of sp³-hybridized carbons (Fsp3) is 0.281. The number of aromatic nitrogens is 1. The number of aliphatic hydroxyl groups is 1. The van der Waals surface area contributed by atoms with E-state index in [1.54, 1.807) is 6.07 Å². The molecule has 220 valence electrons. The number of piperazine rings is 1. The number of nitriles is 1. The smallest absolute Gasteiger partial charge is 0.341 e. The van der Waals surface area contributed by atoms with Crippen LogP contribution in [-0.4, -0.2) is 71.0 Å². The van der Waals surface area contributed by atoms with E-state index in [-0.39, 0.29) is 27.7 Å². The molecule has 3 heterocycles. The molecule has 0 bridgehead atoms. The number of rotatable bonds is 6. The summed E-state index contributed by atoms with van der Waals surface area (Å²) in [6.07, 6.45) is 1.65. The van der Waals surface area contributed by atoms with Crippen LogP contribution in [-0.2, 0) is 6.54 Å². The molecule has 6 rings (SSSR count). The maximum Gasteiger partial charge on any atom is 0.341 e. The number of hydrogen-bond acceptors (Lipinski definition) is 7. The monoisotopic (exact) mass is 601 g/mol. The Morgan fingerprint density at radius 3 is 2.40 bits per heavy atom. The first-order valence-corrected chi connectivity index (χ1v) is 14.4. The summed E-state index contributed by atoms with van der Waals surface area (Å²) in [5.74, 6) is -2.13. The summed E-state index contributed by atoms with van der Waals surface area (Å²) in [7, 11) is 0. The second-order valence-corrected chi connectivity index (χ2v) is 11.3. The Kier molecular flexibility index (Phi) is 7.79. The molecule has 2 aliphatic heterocycles. The van der Waals surface area contributed by atoms with Crippen molar-refractivity contribution in [3.63, 3.8) is 0 Å². The number of aromatic carboxylic acids is 1. The topological polar surface area (TPSA) is 113 Å². The molecule has 1 aromatic heterocycles. The zero-order valence-electron chi connectivity index (χ0n) is 23.2. The molecule has 0 amide bonds. The minimum Gasteiger partial charge on any atom is -0.477 e. The third kappa shape index (κ3) is 5.43. The fourth-order valence-electron chi connectivity index (χ4n) is 6.04. The number of β-amino-alcohol motifs (C(OH)–C–C–N with tert-alkyl or cyclic N) is 1. The highest BCUT2D eigenvalue weighted by Gasteiger charge is 2.27. The van der Waals surface area contributed by atoms with Gasteiger partial charge in [-0.3, -0.25) is 9.69 Å². The molecular weight excluding hydrogens is 573 g/mol. The summed E-state index contributed by atoms with van der Waals surface area (Å²) in [6.45, 7) is 3.94. The largest absolute Gasteiger partial charge is 0.477 e. The van der Waals surface area contributed by atoms with Gasteiger partial charge in [0.15, 0.2) is 0 Å². The number of carbonyl (C=O) groups is 1. The molecule has 0 unspecified atom stereocenters. The number of pyridine rings is 1. The van der Waals surface area contributed by atoms with Crippen molar-refractivity contribution in [1.29, 1.82) is 5.26 Å². The minimum atomic E-state index is -1.42. The summed E-state index contributed by atoms with van der Waals surface area (Å²) in [5, 5.41) is 29.0. The molecular formula is C32H29ClFN5O4. The van der Waals surface area contributed by atoms with E-state index in [1.807, 2.05) is 47.4 Å². The number of carboxylic acid groups (broad SMARTS) is 1. The van der Waals surface area contributed by atoms with Gasteiger partial charge in [0.1, 0.15) is 17.4 Å². The normalized spacial score (nSPS) is 17.4. The zero-order valence-corrected chi connectivity index (χ0v) is 24.0. The molecule has 2 saturated heterocycles. The lowest BCUT2D eigenvalue weighted by molar-refractivity contribution is 0.0695. The number of benzene rings is 3. The van der Waals surface area contributed by atoms with Gasteiger partial charge in [0.2, 0.25) is 5.43 Å². The molecule has 3 aromatic carbocycles. The van der Waals surface area contributed by atoms with E-state index in [4.69, 9.17) is 11.6 Å². The van der Waals surface area contributed by atoms with Crippen LogP contribution in [0.25, 0.3) is 16.6 Å². The van der Waals surface area contributed by atoms with Crippen LogP contribution in [0.3, 0.4) is 0 Å². The first kappa shape index (κ1) is 28.7. The number of aliphatic hydroxyl groups excluding tert-OH is 1. The van der Waals surface area contributed by atoms with Gasteiger partial charge < -0.3 is 24.6 Å². The second-order valence-electron chi connectivity index (χ2n) is 10.9. The van der Waals surface area contributed by atoms with E-state index < -0.39 is 22.8 Å². The van der Waals surface area contributed by atoms with Gasteiger partial charge in [0.05, 0.1) is 39.0 Å². The molecule has 11 heteroatoms. The average molecular weight is 602 g/mol. The number of nitrogens with zero attached hydrogens (tertiary/aromatic N) is 5. The van der Waals surface area contributed by atoms with Crippen LogP contribution in [0, 0.1) is 17.1 Å². The maximum absolute atomic E-state index is 15.7. The summed E-state index contributed by atoms with van der Waals surface area (Å²) in [5.41, 5.74) is 2.01. The molecule has 2 N–H and O–H groups in total. The van der Waals surface area contributed by atoms with Crippen molar-refractivity contribution in [2.24, 2.45) is 0 Å². The van der Waals surface area contributed by atoms with Gasteiger partial charge in [-0.2, -0.15) is 5.26 Å². The van der Waals surface area contributed by atoms with Crippen molar-refractivity contribution >= 4 is 39.8 Å². The van der Waals surface area contributed by atoms with Crippen molar-refractivity contribution < 1.29 is 19.4 Å². The lowest BCUT2D eigenvalue weighted by Crippen LogP contribution is -2.47. The Morgan fingerprint density at radius 1 is 1.05 bits per heavy atom. The van der Waals surface area contributed by atoms with Gasteiger partial charge >= 0.3 is 5.97 Å². The number of para-hydroxylation sites is 1. The molecule has 0 spiro atoms. The van der Waals surface area contributed by atoms with E-state index in [0.717, 1.165) is 30.3 Å². The van der Waals surface area contributed by atoms with Gasteiger partial charge in [-0.25, -0.2) is 9.18 Å². The van der Waals surface area contributed by atoms with Crippen LogP contribution in [0.15, 0.2) is 65.6 Å². The van der Waals surface area contributed by atoms with E-state index in [2.05, 4.69) is 15.9 Å². The second kappa shape index (κ2) is 11.7. The number of anilines is 2. The summed E-state index contributed by atoms with van der Waals surface area (Å²) in [6, 6.07) is 18.0. The van der Waals surface area contributed by atoms with Crippen molar-refractivity contribution in [2.75, 3.05) is 49.1 Å². The van der Waals surface area contributed by atoms with E-state index in [9.17, 15) is 25.1 Å². The number of likely N-dealkylation sites (tertiary alicyclic amines) is 1. The van der Waals surface area contributed by atoms with Crippen LogP contribution in [0.2, 0.25) is 5.02 Å². The van der Waals surface area contributed by atoms with E-state index in [0.29, 0.717) is 50.5 Å².